The molecule has 2 aliphatic heterocycles. The average molecular weight is 415 g/mol. The van der Waals surface area contributed by atoms with Gasteiger partial charge in [-0.2, -0.15) is 0 Å². The summed E-state index contributed by atoms with van der Waals surface area (Å²) in [6, 6.07) is 7.54. The molecule has 0 spiro atoms. The Kier molecular flexibility index (Phi) is 7.91. The first kappa shape index (κ1) is 22.3. The molecule has 2 heterocycles. The fourth-order valence-electron chi connectivity index (χ4n) is 3.96. The Labute approximate surface area is 179 Å². The van der Waals surface area contributed by atoms with Crippen molar-refractivity contribution in [2.75, 3.05) is 39.5 Å². The highest BCUT2D eigenvalue weighted by Crippen LogP contribution is 2.34. The quantitative estimate of drug-likeness (QED) is 0.431. The smallest absolute Gasteiger partial charge is 0.277 e. The Balaban J connectivity index is 1.87. The summed E-state index contributed by atoms with van der Waals surface area (Å²) >= 11 is 0. The van der Waals surface area contributed by atoms with Crippen LogP contribution in [0.25, 0.3) is 5.57 Å². The van der Waals surface area contributed by atoms with E-state index in [4.69, 9.17) is 9.47 Å². The largest absolute Gasteiger partial charge is 0.494 e. The second kappa shape index (κ2) is 10.6. The molecule has 0 aliphatic carbocycles. The van der Waals surface area contributed by atoms with Crippen LogP contribution in [0.3, 0.4) is 0 Å². The summed E-state index contributed by atoms with van der Waals surface area (Å²) in [6.07, 6.45) is 3.65. The summed E-state index contributed by atoms with van der Waals surface area (Å²) in [5.74, 6) is 1.05. The van der Waals surface area contributed by atoms with Gasteiger partial charge < -0.3 is 14.4 Å². The predicted molar refractivity (Wildman–Crippen MR) is 117 cm³/mol. The third-order valence-electron chi connectivity index (χ3n) is 5.73. The number of hydrogen-bond donors (Lipinski definition) is 0. The molecule has 6 heteroatoms. The minimum Gasteiger partial charge on any atom is -0.494 e. The summed E-state index contributed by atoms with van der Waals surface area (Å²) in [6.45, 7) is 10.1. The van der Waals surface area contributed by atoms with Crippen molar-refractivity contribution in [1.82, 2.24) is 9.80 Å². The van der Waals surface area contributed by atoms with Crippen LogP contribution in [0.2, 0.25) is 0 Å². The molecular weight excluding hydrogens is 380 g/mol. The molecule has 1 aromatic carbocycles. The van der Waals surface area contributed by atoms with Crippen LogP contribution in [-0.4, -0.2) is 61.1 Å². The zero-order valence-electron chi connectivity index (χ0n) is 18.5. The van der Waals surface area contributed by atoms with Crippen LogP contribution in [-0.2, 0) is 14.3 Å². The highest BCUT2D eigenvalue weighted by atomic mass is 16.5. The molecule has 6 nitrogen and oxygen atoms in total. The Bertz CT molecular complexity index is 764. The van der Waals surface area contributed by atoms with Crippen LogP contribution in [0.15, 0.2) is 30.0 Å². The van der Waals surface area contributed by atoms with E-state index >= 15 is 0 Å². The highest BCUT2D eigenvalue weighted by molar-refractivity contribution is 6.35. The molecule has 0 atom stereocenters. The van der Waals surface area contributed by atoms with Crippen LogP contribution in [0.4, 0.5) is 0 Å². The third-order valence-corrected chi connectivity index (χ3v) is 5.73. The minimum atomic E-state index is -0.202. The van der Waals surface area contributed by atoms with Crippen molar-refractivity contribution in [3.05, 3.63) is 35.5 Å². The molecule has 0 N–H and O–H groups in total. The monoisotopic (exact) mass is 414 g/mol. The van der Waals surface area contributed by atoms with Crippen molar-refractivity contribution in [3.63, 3.8) is 0 Å². The van der Waals surface area contributed by atoms with E-state index in [0.29, 0.717) is 50.0 Å². The van der Waals surface area contributed by atoms with Gasteiger partial charge in [0, 0.05) is 32.8 Å². The number of rotatable bonds is 10. The van der Waals surface area contributed by atoms with Crippen LogP contribution < -0.4 is 4.74 Å². The van der Waals surface area contributed by atoms with Crippen molar-refractivity contribution >= 4 is 17.4 Å². The Morgan fingerprint density at radius 2 is 1.70 bits per heavy atom. The maximum atomic E-state index is 13.3. The number of carbonyl (C=O) groups excluding carboxylic acids is 2. The summed E-state index contributed by atoms with van der Waals surface area (Å²) in [7, 11) is 0. The van der Waals surface area contributed by atoms with Gasteiger partial charge in [0.1, 0.15) is 11.4 Å². The van der Waals surface area contributed by atoms with E-state index < -0.39 is 0 Å². The number of likely N-dealkylation sites (tertiary alicyclic amines) is 1. The van der Waals surface area contributed by atoms with Gasteiger partial charge in [0.05, 0.1) is 12.2 Å². The summed E-state index contributed by atoms with van der Waals surface area (Å²) in [4.78, 5) is 30.1. The molecule has 2 aliphatic rings. The second-order valence-electron chi connectivity index (χ2n) is 8.08. The Hall–Kier alpha value is -2.34. The molecule has 1 saturated heterocycles. The van der Waals surface area contributed by atoms with Gasteiger partial charge in [-0.1, -0.05) is 26.0 Å². The fourth-order valence-corrected chi connectivity index (χ4v) is 3.96. The van der Waals surface area contributed by atoms with Gasteiger partial charge in [0.15, 0.2) is 0 Å². The molecule has 0 unspecified atom stereocenters. The molecule has 0 saturated carbocycles. The van der Waals surface area contributed by atoms with E-state index in [0.717, 1.165) is 43.7 Å². The zero-order chi connectivity index (χ0) is 21.5. The number of nitrogens with zero attached hydrogens (tertiary/aromatic N) is 2. The van der Waals surface area contributed by atoms with Crippen molar-refractivity contribution in [3.8, 4) is 5.75 Å². The first-order valence-corrected chi connectivity index (χ1v) is 11.2. The van der Waals surface area contributed by atoms with E-state index in [-0.39, 0.29) is 11.8 Å². The number of amides is 2. The van der Waals surface area contributed by atoms with Gasteiger partial charge in [-0.25, -0.2) is 0 Å². The van der Waals surface area contributed by atoms with Gasteiger partial charge in [-0.15, -0.1) is 0 Å². The average Bonchev–Trinajstić information content (AvgIpc) is 3.00. The number of ether oxygens (including phenoxy) is 2. The lowest BCUT2D eigenvalue weighted by Crippen LogP contribution is -2.39. The van der Waals surface area contributed by atoms with E-state index in [1.165, 1.54) is 4.90 Å². The van der Waals surface area contributed by atoms with Crippen molar-refractivity contribution in [2.24, 2.45) is 5.92 Å². The molecule has 30 heavy (non-hydrogen) atoms. The van der Waals surface area contributed by atoms with Crippen LogP contribution >= 0.6 is 0 Å². The summed E-state index contributed by atoms with van der Waals surface area (Å²) < 4.78 is 11.1. The summed E-state index contributed by atoms with van der Waals surface area (Å²) in [5, 5.41) is 0. The van der Waals surface area contributed by atoms with Crippen LogP contribution in [0.1, 0.15) is 52.0 Å². The van der Waals surface area contributed by atoms with Crippen molar-refractivity contribution in [2.45, 2.75) is 46.5 Å². The lowest BCUT2D eigenvalue weighted by atomic mass is 9.97. The first-order chi connectivity index (χ1) is 14.6. The van der Waals surface area contributed by atoms with Gasteiger partial charge in [0.25, 0.3) is 11.8 Å². The lowest BCUT2D eigenvalue weighted by Gasteiger charge is -2.32. The molecule has 164 valence electrons. The normalized spacial score (nSPS) is 18.0. The van der Waals surface area contributed by atoms with Gasteiger partial charge in [-0.05, 0) is 56.2 Å². The topological polar surface area (TPSA) is 59.1 Å². The molecule has 0 radical (unpaired) electrons. The lowest BCUT2D eigenvalue weighted by molar-refractivity contribution is -0.137. The van der Waals surface area contributed by atoms with E-state index in [1.807, 2.05) is 31.2 Å². The van der Waals surface area contributed by atoms with E-state index in [9.17, 15) is 9.59 Å². The van der Waals surface area contributed by atoms with Crippen LogP contribution in [0.5, 0.6) is 5.75 Å². The van der Waals surface area contributed by atoms with Crippen LogP contribution in [0, 0.1) is 5.92 Å². The third kappa shape index (κ3) is 5.04. The number of imide groups is 1. The van der Waals surface area contributed by atoms with Crippen molar-refractivity contribution < 1.29 is 19.1 Å². The van der Waals surface area contributed by atoms with Gasteiger partial charge >= 0.3 is 0 Å². The number of carbonyl (C=O) groups is 2. The Morgan fingerprint density at radius 3 is 2.33 bits per heavy atom. The maximum absolute atomic E-state index is 13.3. The molecule has 1 aromatic rings. The SMILES string of the molecule is CCCOc1ccc(C2=C(N3CCC(C)CC3)C(=O)N(CCCOCC)C2=O)cc1. The van der Waals surface area contributed by atoms with Gasteiger partial charge in [0.2, 0.25) is 0 Å². The fraction of sp³-hybridized carbons (Fsp3) is 0.583. The number of hydrogen-bond acceptors (Lipinski definition) is 5. The van der Waals surface area contributed by atoms with E-state index in [2.05, 4.69) is 18.7 Å². The minimum absolute atomic E-state index is 0.174. The summed E-state index contributed by atoms with van der Waals surface area (Å²) in [5.41, 5.74) is 1.86. The number of piperidine rings is 1. The standard InChI is InChI=1S/C24H34N2O4/c1-4-16-30-20-9-7-19(8-10-20)21-22(25-14-11-18(3)12-15-25)24(28)26(23(21)27)13-6-17-29-5-2/h7-10,18H,4-6,11-17H2,1-3H3. The molecule has 1 fully saturated rings. The molecule has 2 amide bonds. The molecule has 3 rings (SSSR count). The van der Waals surface area contributed by atoms with E-state index in [1.54, 1.807) is 0 Å². The molecule has 0 aromatic heterocycles. The molecule has 0 bridgehead atoms. The number of benzene rings is 1. The van der Waals surface area contributed by atoms with Gasteiger partial charge in [-0.3, -0.25) is 14.5 Å². The maximum Gasteiger partial charge on any atom is 0.277 e. The first-order valence-electron chi connectivity index (χ1n) is 11.2. The second-order valence-corrected chi connectivity index (χ2v) is 8.08. The molecular formula is C24H34N2O4. The highest BCUT2D eigenvalue weighted by Gasteiger charge is 2.41. The van der Waals surface area contributed by atoms with Crippen molar-refractivity contribution in [1.29, 1.82) is 0 Å². The Morgan fingerprint density at radius 1 is 1.00 bits per heavy atom. The zero-order valence-corrected chi connectivity index (χ0v) is 18.5. The predicted octanol–water partition coefficient (Wildman–Crippen LogP) is 3.71.